The maximum absolute atomic E-state index is 12.9. The Bertz CT molecular complexity index is 368. The Balaban J connectivity index is 3.13. The summed E-state index contributed by atoms with van der Waals surface area (Å²) in [6.07, 6.45) is 0.0490. The van der Waals surface area contributed by atoms with Crippen LogP contribution < -0.4 is 5.73 Å². The molecule has 0 saturated carbocycles. The van der Waals surface area contributed by atoms with E-state index in [1.807, 2.05) is 0 Å². The maximum atomic E-state index is 12.9. The summed E-state index contributed by atoms with van der Waals surface area (Å²) in [5, 5.41) is 9.29. The minimum Gasteiger partial charge on any atom is -0.504 e. The normalized spacial score (nSPS) is 10.2. The fraction of sp³-hybridized carbons (Fsp3) is 0.222. The van der Waals surface area contributed by atoms with Crippen LogP contribution in [0.1, 0.15) is 16.8 Å². The van der Waals surface area contributed by atoms with E-state index in [0.717, 1.165) is 6.07 Å². The summed E-state index contributed by atoms with van der Waals surface area (Å²) in [7, 11) is 0. The average Bonchev–Trinajstić information content (AvgIpc) is 2.11. The summed E-state index contributed by atoms with van der Waals surface area (Å²) in [5.41, 5.74) is 5.04. The summed E-state index contributed by atoms with van der Waals surface area (Å²) in [6.45, 7) is 0.145. The molecule has 0 spiro atoms. The Kier molecular flexibility index (Phi) is 3.43. The van der Waals surface area contributed by atoms with Crippen molar-refractivity contribution in [2.75, 3.05) is 6.54 Å². The van der Waals surface area contributed by atoms with Gasteiger partial charge in [0.15, 0.2) is 17.3 Å². The maximum Gasteiger partial charge on any atom is 0.168 e. The Hall–Kier alpha value is -1.13. The molecule has 0 radical (unpaired) electrons. The molecule has 1 aromatic carbocycles. The monoisotopic (exact) mass is 217 g/mol. The van der Waals surface area contributed by atoms with E-state index >= 15 is 0 Å². The van der Waals surface area contributed by atoms with Crippen molar-refractivity contribution in [1.29, 1.82) is 0 Å². The predicted octanol–water partition coefficient (Wildman–Crippen LogP) is 1.72. The van der Waals surface area contributed by atoms with Crippen molar-refractivity contribution in [2.45, 2.75) is 6.42 Å². The third-order valence-electron chi connectivity index (χ3n) is 1.70. The molecule has 0 heterocycles. The van der Waals surface area contributed by atoms with E-state index in [1.54, 1.807) is 0 Å². The number of ketones is 1. The number of carbonyl (C=O) groups excluding carboxylic acids is 1. The number of nitrogens with two attached hydrogens (primary N) is 1. The number of halogens is 2. The quantitative estimate of drug-likeness (QED) is 0.758. The van der Waals surface area contributed by atoms with Gasteiger partial charge in [-0.25, -0.2) is 4.39 Å². The van der Waals surface area contributed by atoms with E-state index in [-0.39, 0.29) is 23.6 Å². The topological polar surface area (TPSA) is 63.3 Å². The molecule has 0 aromatic heterocycles. The van der Waals surface area contributed by atoms with Crippen LogP contribution in [0.4, 0.5) is 4.39 Å². The Morgan fingerprint density at radius 1 is 1.57 bits per heavy atom. The van der Waals surface area contributed by atoms with Crippen molar-refractivity contribution in [3.63, 3.8) is 0 Å². The van der Waals surface area contributed by atoms with Crippen molar-refractivity contribution in [3.8, 4) is 5.75 Å². The predicted molar refractivity (Wildman–Crippen MR) is 51.1 cm³/mol. The lowest BCUT2D eigenvalue weighted by Crippen LogP contribution is -2.08. The molecule has 14 heavy (non-hydrogen) atoms. The molecular weight excluding hydrogens is 209 g/mol. The van der Waals surface area contributed by atoms with Crippen LogP contribution in [0.25, 0.3) is 0 Å². The van der Waals surface area contributed by atoms with Gasteiger partial charge in [0.2, 0.25) is 0 Å². The molecule has 0 aliphatic heterocycles. The molecule has 3 nitrogen and oxygen atoms in total. The van der Waals surface area contributed by atoms with Crippen molar-refractivity contribution in [1.82, 2.24) is 0 Å². The molecule has 1 aromatic rings. The van der Waals surface area contributed by atoms with Gasteiger partial charge in [0.25, 0.3) is 0 Å². The van der Waals surface area contributed by atoms with Crippen LogP contribution in [0.3, 0.4) is 0 Å². The molecule has 3 N–H and O–H groups in total. The Labute approximate surface area is 85.3 Å². The Morgan fingerprint density at radius 2 is 2.21 bits per heavy atom. The zero-order valence-corrected chi connectivity index (χ0v) is 8.01. The molecule has 76 valence electrons. The van der Waals surface area contributed by atoms with Gasteiger partial charge in [-0.2, -0.15) is 0 Å². The van der Waals surface area contributed by atoms with Gasteiger partial charge in [0, 0.05) is 11.4 Å². The van der Waals surface area contributed by atoms with Crippen molar-refractivity contribution < 1.29 is 14.3 Å². The summed E-state index contributed by atoms with van der Waals surface area (Å²) < 4.78 is 12.9. The largest absolute Gasteiger partial charge is 0.504 e. The number of phenolic OH excluding ortho intramolecular Hbond substituents is 1. The summed E-state index contributed by atoms with van der Waals surface area (Å²) in [5.74, 6) is -2.00. The van der Waals surface area contributed by atoms with Crippen molar-refractivity contribution in [2.24, 2.45) is 5.73 Å². The van der Waals surface area contributed by atoms with Gasteiger partial charge in [-0.05, 0) is 18.7 Å². The van der Waals surface area contributed by atoms with Gasteiger partial charge >= 0.3 is 0 Å². The molecule has 0 unspecified atom stereocenters. The SMILES string of the molecule is NCCC(=O)c1cc(Cl)cc(F)c1O. The molecule has 1 rings (SSSR count). The highest BCUT2D eigenvalue weighted by atomic mass is 35.5. The molecule has 0 saturated heterocycles. The number of carbonyl (C=O) groups is 1. The first-order valence-electron chi connectivity index (χ1n) is 3.97. The van der Waals surface area contributed by atoms with Gasteiger partial charge in [-0.3, -0.25) is 4.79 Å². The van der Waals surface area contributed by atoms with Crippen molar-refractivity contribution in [3.05, 3.63) is 28.5 Å². The number of Topliss-reactive ketones (excluding diaryl/α,β-unsaturated/α-hetero) is 1. The Morgan fingerprint density at radius 3 is 2.79 bits per heavy atom. The number of benzene rings is 1. The number of phenols is 1. The molecule has 0 bridgehead atoms. The lowest BCUT2D eigenvalue weighted by atomic mass is 10.1. The first-order chi connectivity index (χ1) is 6.56. The van der Waals surface area contributed by atoms with E-state index in [0.29, 0.717) is 0 Å². The van der Waals surface area contributed by atoms with Crippen LogP contribution in [0.5, 0.6) is 5.75 Å². The van der Waals surface area contributed by atoms with E-state index in [1.165, 1.54) is 6.07 Å². The van der Waals surface area contributed by atoms with Crippen LogP contribution in [0, 0.1) is 5.82 Å². The first kappa shape index (κ1) is 10.9. The fourth-order valence-corrected chi connectivity index (χ4v) is 1.25. The zero-order chi connectivity index (χ0) is 10.7. The lowest BCUT2D eigenvalue weighted by molar-refractivity contribution is 0.0982. The van der Waals surface area contributed by atoms with E-state index in [2.05, 4.69) is 0 Å². The standard InChI is InChI=1S/C9H9ClFNO2/c10-5-3-6(8(13)1-2-12)9(14)7(11)4-5/h3-4,14H,1-2,12H2. The second-order valence-corrected chi connectivity index (χ2v) is 3.18. The second-order valence-electron chi connectivity index (χ2n) is 2.75. The van der Waals surface area contributed by atoms with Crippen LogP contribution >= 0.6 is 11.6 Å². The number of hydrogen-bond acceptors (Lipinski definition) is 3. The lowest BCUT2D eigenvalue weighted by Gasteiger charge is -2.04. The fourth-order valence-electron chi connectivity index (χ4n) is 1.04. The van der Waals surface area contributed by atoms with Gasteiger partial charge in [-0.1, -0.05) is 11.6 Å². The van der Waals surface area contributed by atoms with Crippen LogP contribution in [0.2, 0.25) is 5.02 Å². The second kappa shape index (κ2) is 4.39. The average molecular weight is 218 g/mol. The van der Waals surface area contributed by atoms with Gasteiger partial charge in [0.05, 0.1) is 5.56 Å². The summed E-state index contributed by atoms with van der Waals surface area (Å²) >= 11 is 5.53. The molecule has 0 aliphatic carbocycles. The molecule has 5 heteroatoms. The third-order valence-corrected chi connectivity index (χ3v) is 1.92. The van der Waals surface area contributed by atoms with Crippen LogP contribution in [0.15, 0.2) is 12.1 Å². The molecule has 0 fully saturated rings. The summed E-state index contributed by atoms with van der Waals surface area (Å²) in [4.78, 5) is 11.3. The smallest absolute Gasteiger partial charge is 0.168 e. The minimum atomic E-state index is -0.905. The van der Waals surface area contributed by atoms with Gasteiger partial charge in [0.1, 0.15) is 0 Å². The number of aromatic hydroxyl groups is 1. The van der Waals surface area contributed by atoms with Crippen LogP contribution in [-0.4, -0.2) is 17.4 Å². The third kappa shape index (κ3) is 2.21. The van der Waals surface area contributed by atoms with E-state index < -0.39 is 17.3 Å². The molecule has 0 atom stereocenters. The van der Waals surface area contributed by atoms with Crippen LogP contribution in [-0.2, 0) is 0 Å². The van der Waals surface area contributed by atoms with Gasteiger partial charge in [-0.15, -0.1) is 0 Å². The highest BCUT2D eigenvalue weighted by Gasteiger charge is 2.15. The van der Waals surface area contributed by atoms with Gasteiger partial charge < -0.3 is 10.8 Å². The highest BCUT2D eigenvalue weighted by molar-refractivity contribution is 6.31. The highest BCUT2D eigenvalue weighted by Crippen LogP contribution is 2.26. The number of hydrogen-bond donors (Lipinski definition) is 2. The minimum absolute atomic E-state index is 0.0490. The summed E-state index contributed by atoms with van der Waals surface area (Å²) in [6, 6.07) is 2.16. The number of rotatable bonds is 3. The first-order valence-corrected chi connectivity index (χ1v) is 4.35. The molecule has 0 aliphatic rings. The van der Waals surface area contributed by atoms with Crippen molar-refractivity contribution >= 4 is 17.4 Å². The molecular formula is C9H9ClFNO2. The molecule has 0 amide bonds. The van der Waals surface area contributed by atoms with E-state index in [4.69, 9.17) is 17.3 Å². The van der Waals surface area contributed by atoms with E-state index in [9.17, 15) is 14.3 Å². The zero-order valence-electron chi connectivity index (χ0n) is 7.26.